The molecule has 1 aliphatic rings. The summed E-state index contributed by atoms with van der Waals surface area (Å²) in [6.07, 6.45) is 3.60. The zero-order valence-electron chi connectivity index (χ0n) is 9.28. The SMILES string of the molecule is C=CCCCN1CCOC(C(=O)OC)C1. The Labute approximate surface area is 90.8 Å². The van der Waals surface area contributed by atoms with Gasteiger partial charge in [0, 0.05) is 13.1 Å². The topological polar surface area (TPSA) is 38.8 Å². The van der Waals surface area contributed by atoms with Gasteiger partial charge in [0.15, 0.2) is 6.10 Å². The van der Waals surface area contributed by atoms with E-state index in [9.17, 15) is 4.79 Å². The fourth-order valence-corrected chi connectivity index (χ4v) is 1.64. The smallest absolute Gasteiger partial charge is 0.336 e. The Morgan fingerprint density at radius 3 is 3.20 bits per heavy atom. The Kier molecular flexibility index (Phi) is 5.36. The quantitative estimate of drug-likeness (QED) is 0.385. The molecule has 0 bridgehead atoms. The van der Waals surface area contributed by atoms with Crippen molar-refractivity contribution < 1.29 is 14.3 Å². The summed E-state index contributed by atoms with van der Waals surface area (Å²) in [6.45, 7) is 6.81. The van der Waals surface area contributed by atoms with E-state index in [1.54, 1.807) is 0 Å². The summed E-state index contributed by atoms with van der Waals surface area (Å²) < 4.78 is 9.99. The first-order valence-corrected chi connectivity index (χ1v) is 5.30. The second-order valence-electron chi connectivity index (χ2n) is 3.61. The van der Waals surface area contributed by atoms with Gasteiger partial charge in [0.05, 0.1) is 13.7 Å². The molecule has 0 aromatic carbocycles. The first-order valence-electron chi connectivity index (χ1n) is 5.30. The molecule has 1 unspecified atom stereocenters. The molecule has 0 spiro atoms. The fraction of sp³-hybridized carbons (Fsp3) is 0.727. The molecule has 0 N–H and O–H groups in total. The van der Waals surface area contributed by atoms with E-state index in [1.807, 2.05) is 6.08 Å². The number of unbranched alkanes of at least 4 members (excludes halogenated alkanes) is 1. The molecule has 0 amide bonds. The van der Waals surface area contributed by atoms with Crippen molar-refractivity contribution in [2.75, 3.05) is 33.4 Å². The highest BCUT2D eigenvalue weighted by Gasteiger charge is 2.26. The van der Waals surface area contributed by atoms with Crippen molar-refractivity contribution in [2.45, 2.75) is 18.9 Å². The third-order valence-electron chi connectivity index (χ3n) is 2.50. The summed E-state index contributed by atoms with van der Waals surface area (Å²) in [5.41, 5.74) is 0. The zero-order valence-corrected chi connectivity index (χ0v) is 9.28. The van der Waals surface area contributed by atoms with Crippen LogP contribution in [0.2, 0.25) is 0 Å². The molecule has 4 heteroatoms. The van der Waals surface area contributed by atoms with Gasteiger partial charge >= 0.3 is 5.97 Å². The minimum absolute atomic E-state index is 0.275. The molecule has 15 heavy (non-hydrogen) atoms. The molecule has 1 rings (SSSR count). The standard InChI is InChI=1S/C11H19NO3/c1-3-4-5-6-12-7-8-15-10(9-12)11(13)14-2/h3,10H,1,4-9H2,2H3. The molecule has 4 nitrogen and oxygen atoms in total. The lowest BCUT2D eigenvalue weighted by atomic mass is 10.2. The number of nitrogens with zero attached hydrogens (tertiary/aromatic N) is 1. The number of allylic oxidation sites excluding steroid dienone is 1. The van der Waals surface area contributed by atoms with Crippen molar-refractivity contribution in [1.82, 2.24) is 4.90 Å². The minimum Gasteiger partial charge on any atom is -0.467 e. The van der Waals surface area contributed by atoms with Gasteiger partial charge in [0.2, 0.25) is 0 Å². The Morgan fingerprint density at radius 1 is 1.73 bits per heavy atom. The number of hydrogen-bond acceptors (Lipinski definition) is 4. The molecule has 0 saturated carbocycles. The average Bonchev–Trinajstić information content (AvgIpc) is 2.29. The van der Waals surface area contributed by atoms with Gasteiger partial charge in [-0.05, 0) is 19.4 Å². The second kappa shape index (κ2) is 6.58. The van der Waals surface area contributed by atoms with Crippen LogP contribution in [-0.2, 0) is 14.3 Å². The van der Waals surface area contributed by atoms with E-state index in [0.717, 1.165) is 25.9 Å². The summed E-state index contributed by atoms with van der Waals surface area (Å²) >= 11 is 0. The normalized spacial score (nSPS) is 22.3. The van der Waals surface area contributed by atoms with Crippen molar-refractivity contribution in [1.29, 1.82) is 0 Å². The van der Waals surface area contributed by atoms with Crippen LogP contribution in [0, 0.1) is 0 Å². The molecule has 0 aromatic heterocycles. The van der Waals surface area contributed by atoms with Crippen LogP contribution in [0.15, 0.2) is 12.7 Å². The molecular weight excluding hydrogens is 194 g/mol. The Bertz CT molecular complexity index is 218. The van der Waals surface area contributed by atoms with Crippen LogP contribution in [0.4, 0.5) is 0 Å². The van der Waals surface area contributed by atoms with Crippen LogP contribution < -0.4 is 0 Å². The summed E-state index contributed by atoms with van der Waals surface area (Å²) in [5.74, 6) is -0.275. The molecule has 1 heterocycles. The van der Waals surface area contributed by atoms with Gasteiger partial charge in [-0.2, -0.15) is 0 Å². The zero-order chi connectivity index (χ0) is 11.1. The summed E-state index contributed by atoms with van der Waals surface area (Å²) in [5, 5.41) is 0. The number of rotatable bonds is 5. The number of carbonyl (C=O) groups is 1. The minimum atomic E-state index is -0.410. The second-order valence-corrected chi connectivity index (χ2v) is 3.61. The molecule has 0 radical (unpaired) electrons. The van der Waals surface area contributed by atoms with Gasteiger partial charge in [0.25, 0.3) is 0 Å². The van der Waals surface area contributed by atoms with E-state index in [0.29, 0.717) is 13.2 Å². The lowest BCUT2D eigenvalue weighted by Crippen LogP contribution is -2.46. The van der Waals surface area contributed by atoms with Crippen LogP contribution >= 0.6 is 0 Å². The molecule has 0 aliphatic carbocycles. The van der Waals surface area contributed by atoms with Gasteiger partial charge in [-0.3, -0.25) is 4.90 Å². The van der Waals surface area contributed by atoms with Crippen LogP contribution in [0.25, 0.3) is 0 Å². The monoisotopic (exact) mass is 213 g/mol. The van der Waals surface area contributed by atoms with Gasteiger partial charge in [-0.1, -0.05) is 6.08 Å². The summed E-state index contributed by atoms with van der Waals surface area (Å²) in [7, 11) is 1.39. The van der Waals surface area contributed by atoms with E-state index in [2.05, 4.69) is 16.2 Å². The van der Waals surface area contributed by atoms with Crippen LogP contribution in [-0.4, -0.2) is 50.3 Å². The van der Waals surface area contributed by atoms with Gasteiger partial charge in [0.1, 0.15) is 0 Å². The lowest BCUT2D eigenvalue weighted by molar-refractivity contribution is -0.159. The number of hydrogen-bond donors (Lipinski definition) is 0. The number of carbonyl (C=O) groups excluding carboxylic acids is 1. The molecule has 0 aromatic rings. The Balaban J connectivity index is 2.28. The number of ether oxygens (including phenoxy) is 2. The van der Waals surface area contributed by atoms with Crippen molar-refractivity contribution in [3.05, 3.63) is 12.7 Å². The van der Waals surface area contributed by atoms with Crippen molar-refractivity contribution in [3.8, 4) is 0 Å². The average molecular weight is 213 g/mol. The highest BCUT2D eigenvalue weighted by molar-refractivity contribution is 5.74. The van der Waals surface area contributed by atoms with Crippen LogP contribution in [0.3, 0.4) is 0 Å². The lowest BCUT2D eigenvalue weighted by Gasteiger charge is -2.31. The third-order valence-corrected chi connectivity index (χ3v) is 2.50. The maximum absolute atomic E-state index is 11.3. The van der Waals surface area contributed by atoms with Gasteiger partial charge in [-0.25, -0.2) is 4.79 Å². The predicted octanol–water partition coefficient (Wildman–Crippen LogP) is 0.826. The molecule has 1 aliphatic heterocycles. The molecule has 86 valence electrons. The Morgan fingerprint density at radius 2 is 2.53 bits per heavy atom. The molecule has 1 saturated heterocycles. The number of esters is 1. The van der Waals surface area contributed by atoms with E-state index < -0.39 is 6.10 Å². The van der Waals surface area contributed by atoms with Gasteiger partial charge < -0.3 is 9.47 Å². The maximum atomic E-state index is 11.3. The van der Waals surface area contributed by atoms with Crippen molar-refractivity contribution in [2.24, 2.45) is 0 Å². The maximum Gasteiger partial charge on any atom is 0.336 e. The van der Waals surface area contributed by atoms with E-state index >= 15 is 0 Å². The molecular formula is C11H19NO3. The first-order chi connectivity index (χ1) is 7.27. The largest absolute Gasteiger partial charge is 0.467 e. The van der Waals surface area contributed by atoms with Crippen molar-refractivity contribution in [3.63, 3.8) is 0 Å². The van der Waals surface area contributed by atoms with E-state index in [-0.39, 0.29) is 5.97 Å². The van der Waals surface area contributed by atoms with E-state index in [4.69, 9.17) is 4.74 Å². The molecule has 1 fully saturated rings. The number of morpholine rings is 1. The highest BCUT2D eigenvalue weighted by atomic mass is 16.6. The van der Waals surface area contributed by atoms with Crippen LogP contribution in [0.5, 0.6) is 0 Å². The Hall–Kier alpha value is -0.870. The predicted molar refractivity (Wildman–Crippen MR) is 57.6 cm³/mol. The summed E-state index contributed by atoms with van der Waals surface area (Å²) in [4.78, 5) is 13.5. The van der Waals surface area contributed by atoms with E-state index in [1.165, 1.54) is 7.11 Å². The third kappa shape index (κ3) is 4.01. The van der Waals surface area contributed by atoms with Gasteiger partial charge in [-0.15, -0.1) is 6.58 Å². The summed E-state index contributed by atoms with van der Waals surface area (Å²) in [6, 6.07) is 0. The fourth-order valence-electron chi connectivity index (χ4n) is 1.64. The molecule has 1 atom stereocenters. The highest BCUT2D eigenvalue weighted by Crippen LogP contribution is 2.07. The van der Waals surface area contributed by atoms with Crippen molar-refractivity contribution >= 4 is 5.97 Å². The van der Waals surface area contributed by atoms with Crippen LogP contribution in [0.1, 0.15) is 12.8 Å². The number of methoxy groups -OCH3 is 1. The first kappa shape index (κ1) is 12.2.